The number of carbonyl (C=O) groups excluding carboxylic acids is 2. The van der Waals surface area contributed by atoms with Crippen LogP contribution in [0.5, 0.6) is 5.75 Å². The predicted molar refractivity (Wildman–Crippen MR) is 90.9 cm³/mol. The van der Waals surface area contributed by atoms with E-state index in [0.29, 0.717) is 12.6 Å². The number of nitrogens with one attached hydrogen (secondary N) is 4. The van der Waals surface area contributed by atoms with Crippen molar-refractivity contribution in [2.75, 3.05) is 11.9 Å². The summed E-state index contributed by atoms with van der Waals surface area (Å²) in [6, 6.07) is 1.52. The van der Waals surface area contributed by atoms with E-state index >= 15 is 0 Å². The maximum absolute atomic E-state index is 13.2. The van der Waals surface area contributed by atoms with Gasteiger partial charge in [0.2, 0.25) is 5.96 Å². The minimum absolute atomic E-state index is 0.00913. The van der Waals surface area contributed by atoms with Gasteiger partial charge in [0.05, 0.1) is 10.6 Å². The van der Waals surface area contributed by atoms with Crippen molar-refractivity contribution in [3.63, 3.8) is 0 Å². The Bertz CT molecular complexity index is 842. The summed E-state index contributed by atoms with van der Waals surface area (Å²) >= 11 is 5.94. The van der Waals surface area contributed by atoms with Crippen molar-refractivity contribution in [3.8, 4) is 5.75 Å². The van der Waals surface area contributed by atoms with Crippen LogP contribution < -0.4 is 26.4 Å². The average molecular weight is 445 g/mol. The molecule has 0 saturated carbocycles. The van der Waals surface area contributed by atoms with Gasteiger partial charge in [-0.25, -0.2) is 5.53 Å². The molecule has 160 valence electrons. The molecule has 0 radical (unpaired) electrons. The van der Waals surface area contributed by atoms with E-state index in [0.717, 1.165) is 6.07 Å². The molecule has 0 fully saturated rings. The lowest BCUT2D eigenvalue weighted by molar-refractivity contribution is -0.274. The summed E-state index contributed by atoms with van der Waals surface area (Å²) in [6.45, 7) is 2.32. The van der Waals surface area contributed by atoms with Crippen LogP contribution >= 0.6 is 11.6 Å². The zero-order valence-corrected chi connectivity index (χ0v) is 15.5. The summed E-state index contributed by atoms with van der Waals surface area (Å²) in [6.07, 6.45) is -5.21. The Kier molecular flexibility index (Phi) is 6.37. The number of guanidine groups is 1. The Hall–Kier alpha value is -2.87. The van der Waals surface area contributed by atoms with E-state index in [-0.39, 0.29) is 12.9 Å². The van der Waals surface area contributed by atoms with Crippen LogP contribution in [0.25, 0.3) is 0 Å². The number of ether oxygens (including phenoxy) is 1. The van der Waals surface area contributed by atoms with E-state index < -0.39 is 46.1 Å². The van der Waals surface area contributed by atoms with Crippen LogP contribution in [0, 0.1) is 0 Å². The molecule has 0 aliphatic carbocycles. The van der Waals surface area contributed by atoms with Gasteiger partial charge in [-0.15, -0.1) is 23.8 Å². The van der Waals surface area contributed by atoms with Gasteiger partial charge in [-0.05, 0) is 19.1 Å². The van der Waals surface area contributed by atoms with E-state index in [2.05, 4.69) is 26.2 Å². The van der Waals surface area contributed by atoms with E-state index in [1.807, 2.05) is 0 Å². The lowest BCUT2D eigenvalue weighted by atomic mass is 10.1. The Labute approximate surface area is 165 Å². The zero-order valence-electron chi connectivity index (χ0n) is 14.7. The molecular formula is C14H14ClF5N6O3. The normalized spacial score (nSPS) is 14.2. The number of carbonyl (C=O) groups is 2. The topological polar surface area (TPSA) is 107 Å². The van der Waals surface area contributed by atoms with Gasteiger partial charge < -0.3 is 10.1 Å². The number of hydrogen-bond donors (Lipinski definition) is 4. The Balaban J connectivity index is 2.40. The van der Waals surface area contributed by atoms with Crippen LogP contribution in [-0.4, -0.2) is 41.6 Å². The molecule has 1 aromatic rings. The first-order chi connectivity index (χ1) is 13.3. The number of hydrogen-bond acceptors (Lipinski definition) is 7. The van der Waals surface area contributed by atoms with Crippen molar-refractivity contribution in [2.24, 2.45) is 5.10 Å². The van der Waals surface area contributed by atoms with Crippen molar-refractivity contribution in [1.82, 2.24) is 21.4 Å². The second kappa shape index (κ2) is 8.24. The molecule has 0 atom stereocenters. The Morgan fingerprint density at radius 2 is 1.90 bits per heavy atom. The first kappa shape index (κ1) is 22.4. The first-order valence-electron chi connectivity index (χ1n) is 7.78. The third-order valence-corrected chi connectivity index (χ3v) is 3.75. The second-order valence-electron chi connectivity index (χ2n) is 5.55. The van der Waals surface area contributed by atoms with Crippen LogP contribution in [0.2, 0.25) is 5.02 Å². The molecule has 2 rings (SSSR count). The zero-order chi connectivity index (χ0) is 22.0. The Morgan fingerprint density at radius 3 is 2.45 bits per heavy atom. The highest BCUT2D eigenvalue weighted by Gasteiger charge is 2.37. The van der Waals surface area contributed by atoms with E-state index in [1.165, 1.54) is 5.01 Å². The fraction of sp³-hybridized carbons (Fsp3) is 0.357. The molecule has 1 aliphatic rings. The first-order valence-corrected chi connectivity index (χ1v) is 8.16. The fourth-order valence-corrected chi connectivity index (χ4v) is 2.32. The number of rotatable bonds is 5. The minimum Gasteiger partial charge on any atom is -0.404 e. The highest BCUT2D eigenvalue weighted by Crippen LogP contribution is 2.39. The maximum Gasteiger partial charge on any atom is 0.573 e. The average Bonchev–Trinajstić information content (AvgIpc) is 3.02. The highest BCUT2D eigenvalue weighted by molar-refractivity contribution is 6.37. The molecule has 1 aliphatic heterocycles. The van der Waals surface area contributed by atoms with E-state index in [4.69, 9.17) is 11.6 Å². The van der Waals surface area contributed by atoms with Crippen molar-refractivity contribution < 1.29 is 36.3 Å². The number of halogens is 6. The number of anilines is 1. The number of hydrazone groups is 1. The number of amides is 2. The molecule has 2 amide bonds. The number of hydrazine groups is 2. The molecule has 0 spiro atoms. The SMILES string of the molecule is CCN1NNN=C1NC(=O)c1ccc(OC(F)(F)F)c(NC(=O)C(C)(F)F)c1Cl. The van der Waals surface area contributed by atoms with Gasteiger partial charge in [-0.2, -0.15) is 8.78 Å². The van der Waals surface area contributed by atoms with Gasteiger partial charge >= 0.3 is 12.3 Å². The largest absolute Gasteiger partial charge is 0.573 e. The lowest BCUT2D eigenvalue weighted by Gasteiger charge is -2.19. The summed E-state index contributed by atoms with van der Waals surface area (Å²) in [5.74, 6) is -7.89. The van der Waals surface area contributed by atoms with Crippen molar-refractivity contribution >= 4 is 35.1 Å². The van der Waals surface area contributed by atoms with Gasteiger partial charge in [0.15, 0.2) is 5.75 Å². The third kappa shape index (κ3) is 5.57. The molecule has 1 aromatic carbocycles. The fourth-order valence-electron chi connectivity index (χ4n) is 2.03. The molecule has 0 bridgehead atoms. The van der Waals surface area contributed by atoms with Crippen LogP contribution in [-0.2, 0) is 4.79 Å². The quantitative estimate of drug-likeness (QED) is 0.519. The number of alkyl halides is 5. The molecule has 0 aromatic heterocycles. The maximum atomic E-state index is 13.2. The third-order valence-electron chi connectivity index (χ3n) is 3.36. The van der Waals surface area contributed by atoms with Crippen LogP contribution in [0.15, 0.2) is 17.2 Å². The van der Waals surface area contributed by atoms with Gasteiger partial charge in [0.25, 0.3) is 11.8 Å². The smallest absolute Gasteiger partial charge is 0.404 e. The molecule has 1 heterocycles. The van der Waals surface area contributed by atoms with Crippen molar-refractivity contribution in [2.45, 2.75) is 26.1 Å². The lowest BCUT2D eigenvalue weighted by Crippen LogP contribution is -2.47. The molecular weight excluding hydrogens is 431 g/mol. The molecule has 29 heavy (non-hydrogen) atoms. The van der Waals surface area contributed by atoms with Gasteiger partial charge in [0, 0.05) is 13.5 Å². The summed E-state index contributed by atoms with van der Waals surface area (Å²) < 4.78 is 67.9. The summed E-state index contributed by atoms with van der Waals surface area (Å²) in [5.41, 5.74) is 3.55. The van der Waals surface area contributed by atoms with Gasteiger partial charge in [-0.3, -0.25) is 19.9 Å². The Morgan fingerprint density at radius 1 is 1.24 bits per heavy atom. The van der Waals surface area contributed by atoms with Crippen LogP contribution in [0.4, 0.5) is 27.6 Å². The monoisotopic (exact) mass is 444 g/mol. The molecule has 0 saturated heterocycles. The predicted octanol–water partition coefficient (Wildman–Crippen LogP) is 2.18. The summed E-state index contributed by atoms with van der Waals surface area (Å²) in [5, 5.41) is 8.22. The number of benzene rings is 1. The van der Waals surface area contributed by atoms with E-state index in [9.17, 15) is 31.5 Å². The van der Waals surface area contributed by atoms with Gasteiger partial charge in [-0.1, -0.05) is 11.6 Å². The highest BCUT2D eigenvalue weighted by atomic mass is 35.5. The molecule has 0 unspecified atom stereocenters. The van der Waals surface area contributed by atoms with Crippen LogP contribution in [0.3, 0.4) is 0 Å². The second-order valence-corrected chi connectivity index (χ2v) is 5.93. The van der Waals surface area contributed by atoms with Crippen LogP contribution in [0.1, 0.15) is 24.2 Å². The van der Waals surface area contributed by atoms with Crippen molar-refractivity contribution in [3.05, 3.63) is 22.7 Å². The molecule has 9 nitrogen and oxygen atoms in total. The molecule has 4 N–H and O–H groups in total. The standard InChI is InChI=1S/C14H14ClF5N6O3/c1-3-26-12(23-24-25-26)22-10(27)6-4-5-7(29-14(18,19)20)9(8(6)15)21-11(28)13(2,16)17/h4-5,24-25H,3H2,1-2H3,(H,21,28)(H,22,23,27). The van der Waals surface area contributed by atoms with Crippen molar-refractivity contribution in [1.29, 1.82) is 0 Å². The van der Waals surface area contributed by atoms with E-state index in [1.54, 1.807) is 12.2 Å². The molecule has 15 heteroatoms. The number of nitrogens with zero attached hydrogens (tertiary/aromatic N) is 2. The summed E-state index contributed by atoms with van der Waals surface area (Å²) in [7, 11) is 0. The van der Waals surface area contributed by atoms with Gasteiger partial charge in [0.1, 0.15) is 5.69 Å². The summed E-state index contributed by atoms with van der Waals surface area (Å²) in [4.78, 5) is 24.0. The minimum atomic E-state index is -5.21.